The number of carbonyl (C=O) groups excluding carboxylic acids is 3. The van der Waals surface area contributed by atoms with Crippen LogP contribution in [-0.4, -0.2) is 62.4 Å². The van der Waals surface area contributed by atoms with Crippen LogP contribution in [-0.2, 0) is 28.6 Å². The molecule has 0 unspecified atom stereocenters. The van der Waals surface area contributed by atoms with Crippen LogP contribution in [0.15, 0.2) is 0 Å². The number of ketones is 1. The van der Waals surface area contributed by atoms with E-state index in [-0.39, 0.29) is 18.9 Å². The van der Waals surface area contributed by atoms with Gasteiger partial charge in [-0.15, -0.1) is 0 Å². The minimum Gasteiger partial charge on any atom is -0.461 e. The Kier molecular flexibility index (Phi) is 9.94. The van der Waals surface area contributed by atoms with Crippen molar-refractivity contribution >= 4 is 23.9 Å². The molecule has 0 radical (unpaired) electrons. The summed E-state index contributed by atoms with van der Waals surface area (Å²) in [5.41, 5.74) is 0. The van der Waals surface area contributed by atoms with E-state index in [9.17, 15) is 14.4 Å². The molecule has 0 spiro atoms. The van der Waals surface area contributed by atoms with Gasteiger partial charge in [0.2, 0.25) is 5.91 Å². The summed E-state index contributed by atoms with van der Waals surface area (Å²) in [5.74, 6) is -1.41. The Morgan fingerprint density at radius 2 is 1.92 bits per heavy atom. The summed E-state index contributed by atoms with van der Waals surface area (Å²) in [5, 5.41) is 9.51. The molecule has 0 aromatic heterocycles. The van der Waals surface area contributed by atoms with Crippen molar-refractivity contribution in [2.24, 2.45) is 0 Å². The van der Waals surface area contributed by atoms with Crippen LogP contribution in [0.25, 0.3) is 0 Å². The monoisotopic (exact) mass is 356 g/mol. The van der Waals surface area contributed by atoms with E-state index in [1.54, 1.807) is 6.92 Å². The van der Waals surface area contributed by atoms with Crippen molar-refractivity contribution in [1.29, 1.82) is 5.41 Å². The van der Waals surface area contributed by atoms with E-state index in [0.29, 0.717) is 32.3 Å². The van der Waals surface area contributed by atoms with Crippen LogP contribution in [0.2, 0.25) is 0 Å². The Hall–Kier alpha value is -1.80. The SMILES string of the molecule is CO[C@H](C)C(=O)N[C@@H](CCC(=O)C=N)C(=O)OC1CCCOCCC1. The van der Waals surface area contributed by atoms with Gasteiger partial charge in [0.1, 0.15) is 18.2 Å². The van der Waals surface area contributed by atoms with Crippen molar-refractivity contribution in [2.75, 3.05) is 20.3 Å². The van der Waals surface area contributed by atoms with Crippen LogP contribution in [0.3, 0.4) is 0 Å². The van der Waals surface area contributed by atoms with E-state index < -0.39 is 29.8 Å². The van der Waals surface area contributed by atoms with Gasteiger partial charge in [-0.3, -0.25) is 9.59 Å². The molecule has 0 aromatic rings. The van der Waals surface area contributed by atoms with Crippen LogP contribution in [0.5, 0.6) is 0 Å². The van der Waals surface area contributed by atoms with Crippen LogP contribution in [0.4, 0.5) is 0 Å². The van der Waals surface area contributed by atoms with Gasteiger partial charge in [-0.1, -0.05) is 0 Å². The number of rotatable bonds is 9. The first-order chi connectivity index (χ1) is 12.0. The maximum atomic E-state index is 12.5. The van der Waals surface area contributed by atoms with Crippen molar-refractivity contribution in [3.63, 3.8) is 0 Å². The summed E-state index contributed by atoms with van der Waals surface area (Å²) in [7, 11) is 1.40. The third kappa shape index (κ3) is 8.22. The Balaban J connectivity index is 2.66. The zero-order valence-corrected chi connectivity index (χ0v) is 14.9. The predicted molar refractivity (Wildman–Crippen MR) is 90.6 cm³/mol. The van der Waals surface area contributed by atoms with Gasteiger partial charge in [0.15, 0.2) is 5.78 Å². The minimum absolute atomic E-state index is 0.0105. The Labute approximate surface area is 148 Å². The molecule has 2 N–H and O–H groups in total. The third-order valence-electron chi connectivity index (χ3n) is 4.08. The lowest BCUT2D eigenvalue weighted by Gasteiger charge is -2.24. The fourth-order valence-corrected chi connectivity index (χ4v) is 2.44. The molecular formula is C17H28N2O6. The number of amides is 1. The van der Waals surface area contributed by atoms with Crippen molar-refractivity contribution in [2.45, 2.75) is 63.7 Å². The highest BCUT2D eigenvalue weighted by Gasteiger charge is 2.27. The summed E-state index contributed by atoms with van der Waals surface area (Å²) >= 11 is 0. The average molecular weight is 356 g/mol. The van der Waals surface area contributed by atoms with Gasteiger partial charge < -0.3 is 24.9 Å². The molecule has 1 saturated heterocycles. The molecule has 0 saturated carbocycles. The van der Waals surface area contributed by atoms with Crippen LogP contribution in [0.1, 0.15) is 45.4 Å². The highest BCUT2D eigenvalue weighted by Crippen LogP contribution is 2.15. The van der Waals surface area contributed by atoms with Crippen LogP contribution >= 0.6 is 0 Å². The molecule has 8 nitrogen and oxygen atoms in total. The second-order valence-corrected chi connectivity index (χ2v) is 6.04. The first-order valence-electron chi connectivity index (χ1n) is 8.62. The molecule has 1 rings (SSSR count). The molecule has 0 aromatic carbocycles. The van der Waals surface area contributed by atoms with Gasteiger partial charge in [0, 0.05) is 26.7 Å². The fourth-order valence-electron chi connectivity index (χ4n) is 2.44. The van der Waals surface area contributed by atoms with Crippen LogP contribution in [0, 0.1) is 5.41 Å². The zero-order valence-electron chi connectivity index (χ0n) is 14.9. The smallest absolute Gasteiger partial charge is 0.328 e. The van der Waals surface area contributed by atoms with Crippen molar-refractivity contribution in [3.8, 4) is 0 Å². The van der Waals surface area contributed by atoms with E-state index >= 15 is 0 Å². The van der Waals surface area contributed by atoms with E-state index in [1.165, 1.54) is 7.11 Å². The van der Waals surface area contributed by atoms with Gasteiger partial charge in [-0.2, -0.15) is 0 Å². The summed E-state index contributed by atoms with van der Waals surface area (Å²) in [6, 6.07) is -0.935. The average Bonchev–Trinajstić information content (AvgIpc) is 2.59. The molecule has 1 aliphatic heterocycles. The van der Waals surface area contributed by atoms with Gasteiger partial charge in [0.05, 0.1) is 6.21 Å². The first kappa shape index (κ1) is 21.2. The number of carbonyl (C=O) groups is 3. The van der Waals surface area contributed by atoms with Gasteiger partial charge in [-0.25, -0.2) is 4.79 Å². The molecule has 1 fully saturated rings. The molecule has 1 aliphatic rings. The number of hydrogen-bond donors (Lipinski definition) is 2. The van der Waals surface area contributed by atoms with Crippen molar-refractivity contribution in [1.82, 2.24) is 5.32 Å². The third-order valence-corrected chi connectivity index (χ3v) is 4.08. The summed E-state index contributed by atoms with van der Waals surface area (Å²) in [6.45, 7) is 2.86. The molecule has 0 bridgehead atoms. The highest BCUT2D eigenvalue weighted by molar-refractivity contribution is 6.26. The Morgan fingerprint density at radius 3 is 2.48 bits per heavy atom. The van der Waals surface area contributed by atoms with E-state index in [4.69, 9.17) is 19.6 Å². The van der Waals surface area contributed by atoms with Crippen molar-refractivity contribution < 1.29 is 28.6 Å². The maximum absolute atomic E-state index is 12.5. The fraction of sp³-hybridized carbons (Fsp3) is 0.765. The van der Waals surface area contributed by atoms with Crippen molar-refractivity contribution in [3.05, 3.63) is 0 Å². The number of hydrogen-bond acceptors (Lipinski definition) is 7. The molecule has 8 heteroatoms. The lowest BCUT2D eigenvalue weighted by Crippen LogP contribution is -2.47. The normalized spacial score (nSPS) is 18.3. The van der Waals surface area contributed by atoms with Crippen LogP contribution < -0.4 is 5.32 Å². The molecule has 25 heavy (non-hydrogen) atoms. The molecule has 1 amide bonds. The molecule has 1 heterocycles. The molecule has 0 aliphatic carbocycles. The lowest BCUT2D eigenvalue weighted by atomic mass is 10.1. The highest BCUT2D eigenvalue weighted by atomic mass is 16.5. The largest absolute Gasteiger partial charge is 0.461 e. The van der Waals surface area contributed by atoms with Gasteiger partial charge in [0.25, 0.3) is 0 Å². The number of nitrogens with one attached hydrogen (secondary N) is 2. The molecule has 2 atom stereocenters. The second kappa shape index (κ2) is 11.7. The minimum atomic E-state index is -0.935. The number of ether oxygens (including phenoxy) is 3. The Morgan fingerprint density at radius 1 is 1.28 bits per heavy atom. The first-order valence-corrected chi connectivity index (χ1v) is 8.62. The summed E-state index contributed by atoms with van der Waals surface area (Å²) < 4.78 is 15.9. The van der Waals surface area contributed by atoms with Gasteiger partial charge in [-0.05, 0) is 39.0 Å². The van der Waals surface area contributed by atoms with Gasteiger partial charge >= 0.3 is 5.97 Å². The summed E-state index contributed by atoms with van der Waals surface area (Å²) in [4.78, 5) is 35.8. The van der Waals surface area contributed by atoms with E-state index in [0.717, 1.165) is 12.8 Å². The predicted octanol–water partition coefficient (Wildman–Crippen LogP) is 1.01. The number of methoxy groups -OCH3 is 1. The second-order valence-electron chi connectivity index (χ2n) is 6.04. The molecular weight excluding hydrogens is 328 g/mol. The summed E-state index contributed by atoms with van der Waals surface area (Å²) in [6.07, 6.45) is 2.89. The Bertz CT molecular complexity index is 460. The molecule has 142 valence electrons. The van der Waals surface area contributed by atoms with E-state index in [1.807, 2.05) is 0 Å². The maximum Gasteiger partial charge on any atom is 0.328 e. The quantitative estimate of drug-likeness (QED) is 0.471. The zero-order chi connectivity index (χ0) is 18.7. The topological polar surface area (TPSA) is 115 Å². The number of Topliss-reactive ketones (excluding diaryl/α,β-unsaturated/α-hetero) is 1. The van der Waals surface area contributed by atoms with E-state index in [2.05, 4.69) is 5.32 Å². The lowest BCUT2D eigenvalue weighted by molar-refractivity contribution is -0.155. The number of esters is 1. The standard InChI is InChI=1S/C17H28N2O6/c1-12(23-2)16(21)19-15(8-7-13(20)11-18)17(22)25-14-5-3-9-24-10-4-6-14/h11-12,14-15,18H,3-10H2,1-2H3,(H,19,21)/t12-,15+/m1/s1.